The summed E-state index contributed by atoms with van der Waals surface area (Å²) >= 11 is 8.32. The third kappa shape index (κ3) is 4.27. The molecule has 0 atom stereocenters. The fourth-order valence-corrected chi connectivity index (χ4v) is 2.54. The molecule has 2 aromatic carbocycles. The van der Waals surface area contributed by atoms with Crippen LogP contribution in [0, 0.1) is 10.1 Å². The predicted octanol–water partition coefficient (Wildman–Crippen LogP) is 3.49. The molecule has 0 aromatic heterocycles. The standard InChI is InChI=1S/C15H12BrN3O4S/c1-23-13-5-3-2-4-10(13)14(20)18-15(24)17-12-7-6-9(19(21)22)8-11(12)16/h2-8H,1H3,(H2,17,18,20,24). The molecule has 24 heavy (non-hydrogen) atoms. The molecule has 0 fully saturated rings. The highest BCUT2D eigenvalue weighted by atomic mass is 79.9. The number of non-ortho nitro benzene ring substituents is 1. The van der Waals surface area contributed by atoms with Crippen molar-refractivity contribution in [3.8, 4) is 5.75 Å². The molecule has 0 saturated heterocycles. The van der Waals surface area contributed by atoms with Gasteiger partial charge in [-0.3, -0.25) is 20.2 Å². The maximum Gasteiger partial charge on any atom is 0.270 e. The number of nitro groups is 1. The number of ether oxygens (including phenoxy) is 1. The Balaban J connectivity index is 2.08. The lowest BCUT2D eigenvalue weighted by molar-refractivity contribution is -0.384. The van der Waals surface area contributed by atoms with Gasteiger partial charge in [0.05, 0.1) is 23.3 Å². The zero-order valence-electron chi connectivity index (χ0n) is 12.4. The zero-order valence-corrected chi connectivity index (χ0v) is 14.8. The summed E-state index contributed by atoms with van der Waals surface area (Å²) in [4.78, 5) is 22.4. The second kappa shape index (κ2) is 7.84. The third-order valence-electron chi connectivity index (χ3n) is 2.99. The highest BCUT2D eigenvalue weighted by molar-refractivity contribution is 9.10. The van der Waals surface area contributed by atoms with Crippen LogP contribution in [0.4, 0.5) is 11.4 Å². The number of carbonyl (C=O) groups excluding carboxylic acids is 1. The van der Waals surface area contributed by atoms with Crippen LogP contribution in [-0.4, -0.2) is 23.1 Å². The van der Waals surface area contributed by atoms with E-state index in [-0.39, 0.29) is 10.8 Å². The Labute approximate surface area is 151 Å². The van der Waals surface area contributed by atoms with Crippen molar-refractivity contribution in [3.05, 3.63) is 62.6 Å². The van der Waals surface area contributed by atoms with E-state index < -0.39 is 10.8 Å². The minimum atomic E-state index is -0.504. The Morgan fingerprint density at radius 3 is 2.62 bits per heavy atom. The number of hydrogen-bond acceptors (Lipinski definition) is 5. The number of nitro benzene ring substituents is 1. The number of benzene rings is 2. The van der Waals surface area contributed by atoms with Gasteiger partial charge < -0.3 is 10.1 Å². The molecule has 0 bridgehead atoms. The Morgan fingerprint density at radius 2 is 2.00 bits per heavy atom. The quantitative estimate of drug-likeness (QED) is 0.455. The fraction of sp³-hybridized carbons (Fsp3) is 0.0667. The molecule has 0 radical (unpaired) electrons. The number of thiocarbonyl (C=S) groups is 1. The number of nitrogens with zero attached hydrogens (tertiary/aromatic N) is 1. The molecule has 0 aliphatic heterocycles. The number of methoxy groups -OCH3 is 1. The van der Waals surface area contributed by atoms with Crippen LogP contribution >= 0.6 is 28.1 Å². The summed E-state index contributed by atoms with van der Waals surface area (Å²) in [6.45, 7) is 0. The summed E-state index contributed by atoms with van der Waals surface area (Å²) < 4.78 is 5.57. The molecule has 0 aliphatic carbocycles. The van der Waals surface area contributed by atoms with Gasteiger partial charge in [0.1, 0.15) is 5.75 Å². The molecule has 1 amide bonds. The van der Waals surface area contributed by atoms with Gasteiger partial charge in [0.2, 0.25) is 0 Å². The number of carbonyl (C=O) groups is 1. The lowest BCUT2D eigenvalue weighted by Crippen LogP contribution is -2.34. The lowest BCUT2D eigenvalue weighted by Gasteiger charge is -2.12. The van der Waals surface area contributed by atoms with Crippen LogP contribution < -0.4 is 15.4 Å². The average molecular weight is 410 g/mol. The van der Waals surface area contributed by atoms with Gasteiger partial charge in [-0.05, 0) is 46.3 Å². The maximum absolute atomic E-state index is 12.2. The second-order valence-corrected chi connectivity index (χ2v) is 5.79. The van der Waals surface area contributed by atoms with Gasteiger partial charge in [-0.1, -0.05) is 12.1 Å². The van der Waals surface area contributed by atoms with Crippen molar-refractivity contribution in [3.63, 3.8) is 0 Å². The lowest BCUT2D eigenvalue weighted by atomic mass is 10.2. The van der Waals surface area contributed by atoms with E-state index in [0.29, 0.717) is 21.5 Å². The molecule has 0 spiro atoms. The summed E-state index contributed by atoms with van der Waals surface area (Å²) in [5.41, 5.74) is 0.772. The molecule has 0 heterocycles. The molecule has 0 unspecified atom stereocenters. The van der Waals surface area contributed by atoms with Gasteiger partial charge in [-0.2, -0.15) is 0 Å². The largest absolute Gasteiger partial charge is 0.496 e. The van der Waals surface area contributed by atoms with Gasteiger partial charge in [0.15, 0.2) is 5.11 Å². The van der Waals surface area contributed by atoms with Crippen LogP contribution in [0.15, 0.2) is 46.9 Å². The van der Waals surface area contributed by atoms with Crippen LogP contribution in [0.5, 0.6) is 5.75 Å². The van der Waals surface area contributed by atoms with E-state index in [9.17, 15) is 14.9 Å². The van der Waals surface area contributed by atoms with E-state index in [1.165, 1.54) is 25.3 Å². The highest BCUT2D eigenvalue weighted by Gasteiger charge is 2.14. The van der Waals surface area contributed by atoms with Crippen LogP contribution in [-0.2, 0) is 0 Å². The molecule has 9 heteroatoms. The fourth-order valence-electron chi connectivity index (χ4n) is 1.88. The monoisotopic (exact) mass is 409 g/mol. The number of halogens is 1. The zero-order chi connectivity index (χ0) is 17.7. The van der Waals surface area contributed by atoms with E-state index in [2.05, 4.69) is 26.6 Å². The van der Waals surface area contributed by atoms with Gasteiger partial charge in [-0.25, -0.2) is 0 Å². The molecular weight excluding hydrogens is 398 g/mol. The first kappa shape index (κ1) is 17.8. The number of para-hydroxylation sites is 1. The molecule has 2 aromatic rings. The number of amides is 1. The number of hydrogen-bond donors (Lipinski definition) is 2. The topological polar surface area (TPSA) is 93.5 Å². The molecule has 0 aliphatic rings. The normalized spacial score (nSPS) is 9.92. The van der Waals surface area contributed by atoms with Gasteiger partial charge in [0.25, 0.3) is 11.6 Å². The number of rotatable bonds is 4. The molecule has 2 rings (SSSR count). The van der Waals surface area contributed by atoms with Gasteiger partial charge in [-0.15, -0.1) is 0 Å². The van der Waals surface area contributed by atoms with Crippen molar-refractivity contribution < 1.29 is 14.5 Å². The van der Waals surface area contributed by atoms with Crippen molar-refractivity contribution in [2.75, 3.05) is 12.4 Å². The smallest absolute Gasteiger partial charge is 0.270 e. The minimum absolute atomic E-state index is 0.0560. The van der Waals surface area contributed by atoms with Crippen LogP contribution in [0.25, 0.3) is 0 Å². The maximum atomic E-state index is 12.2. The van der Waals surface area contributed by atoms with Crippen LogP contribution in [0.1, 0.15) is 10.4 Å². The third-order valence-corrected chi connectivity index (χ3v) is 3.85. The van der Waals surface area contributed by atoms with Crippen molar-refractivity contribution in [1.29, 1.82) is 0 Å². The Hall–Kier alpha value is -2.52. The summed E-state index contributed by atoms with van der Waals surface area (Å²) in [5.74, 6) is -0.00250. The summed E-state index contributed by atoms with van der Waals surface area (Å²) in [6, 6.07) is 10.9. The van der Waals surface area contributed by atoms with Gasteiger partial charge >= 0.3 is 0 Å². The van der Waals surface area contributed by atoms with E-state index in [1.807, 2.05) is 0 Å². The molecular formula is C15H12BrN3O4S. The minimum Gasteiger partial charge on any atom is -0.496 e. The molecule has 0 saturated carbocycles. The summed E-state index contributed by atoms with van der Waals surface area (Å²) in [7, 11) is 1.47. The Bertz CT molecular complexity index is 813. The van der Waals surface area contributed by atoms with E-state index in [0.717, 1.165) is 0 Å². The van der Waals surface area contributed by atoms with Gasteiger partial charge in [0, 0.05) is 16.6 Å². The van der Waals surface area contributed by atoms with Crippen LogP contribution in [0.2, 0.25) is 0 Å². The number of nitrogens with one attached hydrogen (secondary N) is 2. The first-order valence-electron chi connectivity index (χ1n) is 6.61. The van der Waals surface area contributed by atoms with Crippen molar-refractivity contribution >= 4 is 50.5 Å². The molecule has 124 valence electrons. The van der Waals surface area contributed by atoms with Crippen molar-refractivity contribution in [2.45, 2.75) is 0 Å². The molecule has 2 N–H and O–H groups in total. The summed E-state index contributed by atoms with van der Waals surface area (Å²) in [6.07, 6.45) is 0. The van der Waals surface area contributed by atoms with Crippen molar-refractivity contribution in [1.82, 2.24) is 5.32 Å². The first-order valence-corrected chi connectivity index (χ1v) is 7.81. The van der Waals surface area contributed by atoms with E-state index >= 15 is 0 Å². The van der Waals surface area contributed by atoms with Crippen LogP contribution in [0.3, 0.4) is 0 Å². The second-order valence-electron chi connectivity index (χ2n) is 4.53. The SMILES string of the molecule is COc1ccccc1C(=O)NC(=S)Nc1ccc([N+](=O)[O-])cc1Br. The average Bonchev–Trinajstić information content (AvgIpc) is 2.56. The van der Waals surface area contributed by atoms with E-state index in [1.54, 1.807) is 24.3 Å². The summed E-state index contributed by atoms with van der Waals surface area (Å²) in [5, 5.41) is 16.1. The predicted molar refractivity (Wildman–Crippen MR) is 97.5 cm³/mol. The van der Waals surface area contributed by atoms with Crippen molar-refractivity contribution in [2.24, 2.45) is 0 Å². The highest BCUT2D eigenvalue weighted by Crippen LogP contribution is 2.27. The first-order chi connectivity index (χ1) is 11.4. The Morgan fingerprint density at radius 1 is 1.29 bits per heavy atom. The molecule has 7 nitrogen and oxygen atoms in total. The number of anilines is 1. The Kier molecular flexibility index (Phi) is 5.83. The van der Waals surface area contributed by atoms with E-state index in [4.69, 9.17) is 17.0 Å².